The standard InChI is InChI=1S/C15H18O3/c1-10(11-5-3-2-4-6-11)17-15(16)13-9-12-7-8-14(13)18-12/h2-6,10,12-14H,7-9H2,1H3/t10-,12-,13-,14+/m1/s1. The Kier molecular flexibility index (Phi) is 3.08. The van der Waals surface area contributed by atoms with E-state index in [4.69, 9.17) is 9.47 Å². The Morgan fingerprint density at radius 3 is 2.72 bits per heavy atom. The highest BCUT2D eigenvalue weighted by Crippen LogP contribution is 2.39. The summed E-state index contributed by atoms with van der Waals surface area (Å²) in [5.41, 5.74) is 1.04. The second kappa shape index (κ2) is 4.73. The van der Waals surface area contributed by atoms with E-state index in [1.54, 1.807) is 0 Å². The van der Waals surface area contributed by atoms with Gasteiger partial charge in [0.25, 0.3) is 0 Å². The molecule has 1 aromatic rings. The summed E-state index contributed by atoms with van der Waals surface area (Å²) in [6, 6.07) is 9.84. The minimum absolute atomic E-state index is 0.0464. The predicted octanol–water partition coefficient (Wildman–Crippen LogP) is 2.86. The SMILES string of the molecule is C[C@@H](OC(=O)[C@@H]1C[C@H]2CC[C@@H]1O2)c1ccccc1. The van der Waals surface area contributed by atoms with E-state index in [0.717, 1.165) is 24.8 Å². The number of carbonyl (C=O) groups excluding carboxylic acids is 1. The molecule has 18 heavy (non-hydrogen) atoms. The summed E-state index contributed by atoms with van der Waals surface area (Å²) in [5.74, 6) is -0.145. The molecule has 0 radical (unpaired) electrons. The van der Waals surface area contributed by atoms with E-state index in [2.05, 4.69) is 0 Å². The molecule has 0 unspecified atom stereocenters. The maximum absolute atomic E-state index is 12.1. The van der Waals surface area contributed by atoms with Crippen molar-refractivity contribution in [3.63, 3.8) is 0 Å². The van der Waals surface area contributed by atoms with Crippen LogP contribution < -0.4 is 0 Å². The van der Waals surface area contributed by atoms with Gasteiger partial charge in [-0.1, -0.05) is 30.3 Å². The van der Waals surface area contributed by atoms with Crippen molar-refractivity contribution in [2.45, 2.75) is 44.5 Å². The lowest BCUT2D eigenvalue weighted by molar-refractivity contribution is -0.155. The third-order valence-corrected chi connectivity index (χ3v) is 3.97. The van der Waals surface area contributed by atoms with Gasteiger partial charge in [-0.15, -0.1) is 0 Å². The molecule has 4 atom stereocenters. The van der Waals surface area contributed by atoms with Crippen molar-refractivity contribution in [1.29, 1.82) is 0 Å². The molecule has 0 amide bonds. The van der Waals surface area contributed by atoms with Crippen molar-refractivity contribution in [3.05, 3.63) is 35.9 Å². The third-order valence-electron chi connectivity index (χ3n) is 3.97. The van der Waals surface area contributed by atoms with Gasteiger partial charge in [-0.05, 0) is 31.7 Å². The van der Waals surface area contributed by atoms with E-state index in [1.165, 1.54) is 0 Å². The van der Waals surface area contributed by atoms with Gasteiger partial charge in [0.1, 0.15) is 6.10 Å². The van der Waals surface area contributed by atoms with E-state index in [-0.39, 0.29) is 24.1 Å². The van der Waals surface area contributed by atoms with Gasteiger partial charge in [0, 0.05) is 0 Å². The second-order valence-electron chi connectivity index (χ2n) is 5.21. The molecule has 0 aromatic heterocycles. The topological polar surface area (TPSA) is 35.5 Å². The highest BCUT2D eigenvalue weighted by Gasteiger charge is 2.45. The predicted molar refractivity (Wildman–Crippen MR) is 67.0 cm³/mol. The van der Waals surface area contributed by atoms with Gasteiger partial charge in [-0.3, -0.25) is 4.79 Å². The Morgan fingerprint density at radius 2 is 2.11 bits per heavy atom. The summed E-state index contributed by atoms with van der Waals surface area (Å²) in [5, 5.41) is 0. The van der Waals surface area contributed by atoms with Crippen LogP contribution in [0.2, 0.25) is 0 Å². The van der Waals surface area contributed by atoms with E-state index < -0.39 is 0 Å². The molecule has 1 aromatic carbocycles. The van der Waals surface area contributed by atoms with Crippen molar-refractivity contribution in [3.8, 4) is 0 Å². The summed E-state index contributed by atoms with van der Waals surface area (Å²) in [6.45, 7) is 1.92. The number of fused-ring (bicyclic) bond motifs is 2. The Balaban J connectivity index is 1.61. The van der Waals surface area contributed by atoms with Crippen LogP contribution in [0.5, 0.6) is 0 Å². The first-order valence-corrected chi connectivity index (χ1v) is 6.65. The zero-order valence-corrected chi connectivity index (χ0v) is 10.5. The smallest absolute Gasteiger partial charge is 0.312 e. The van der Waals surface area contributed by atoms with E-state index >= 15 is 0 Å². The highest BCUT2D eigenvalue weighted by molar-refractivity contribution is 5.74. The molecular formula is C15H18O3. The quantitative estimate of drug-likeness (QED) is 0.769. The Bertz CT molecular complexity index is 429. The average molecular weight is 246 g/mol. The number of carbonyl (C=O) groups is 1. The lowest BCUT2D eigenvalue weighted by Crippen LogP contribution is -2.27. The molecule has 2 bridgehead atoms. The zero-order chi connectivity index (χ0) is 12.5. The van der Waals surface area contributed by atoms with Crippen LogP contribution in [-0.2, 0) is 14.3 Å². The third kappa shape index (κ3) is 2.15. The van der Waals surface area contributed by atoms with Gasteiger partial charge < -0.3 is 9.47 Å². The van der Waals surface area contributed by atoms with Crippen LogP contribution in [0, 0.1) is 5.92 Å². The van der Waals surface area contributed by atoms with Crippen molar-refractivity contribution < 1.29 is 14.3 Å². The molecule has 2 aliphatic heterocycles. The van der Waals surface area contributed by atoms with Crippen LogP contribution in [0.25, 0.3) is 0 Å². The number of hydrogen-bond acceptors (Lipinski definition) is 3. The van der Waals surface area contributed by atoms with Gasteiger partial charge in [0.2, 0.25) is 0 Å². The summed E-state index contributed by atoms with van der Waals surface area (Å²) >= 11 is 0. The Morgan fingerprint density at radius 1 is 1.33 bits per heavy atom. The molecule has 0 saturated carbocycles. The first-order chi connectivity index (χ1) is 8.74. The molecule has 3 rings (SSSR count). The minimum atomic E-state index is -0.183. The molecule has 3 nitrogen and oxygen atoms in total. The van der Waals surface area contributed by atoms with Crippen LogP contribution in [0.15, 0.2) is 30.3 Å². The Hall–Kier alpha value is -1.35. The highest BCUT2D eigenvalue weighted by atomic mass is 16.6. The van der Waals surface area contributed by atoms with Gasteiger partial charge in [0.05, 0.1) is 18.1 Å². The molecule has 0 aliphatic carbocycles. The maximum Gasteiger partial charge on any atom is 0.312 e. The fourth-order valence-electron chi connectivity index (χ4n) is 2.94. The summed E-state index contributed by atoms with van der Waals surface area (Å²) in [7, 11) is 0. The normalized spacial score (nSPS) is 31.3. The molecule has 96 valence electrons. The first-order valence-electron chi connectivity index (χ1n) is 6.65. The van der Waals surface area contributed by atoms with E-state index in [9.17, 15) is 4.79 Å². The van der Waals surface area contributed by atoms with Gasteiger partial charge in [-0.25, -0.2) is 0 Å². The van der Waals surface area contributed by atoms with Crippen LogP contribution in [-0.4, -0.2) is 18.2 Å². The first kappa shape index (κ1) is 11.7. The zero-order valence-electron chi connectivity index (χ0n) is 10.5. The lowest BCUT2D eigenvalue weighted by Gasteiger charge is -2.20. The molecule has 0 spiro atoms. The lowest BCUT2D eigenvalue weighted by atomic mass is 9.89. The van der Waals surface area contributed by atoms with E-state index in [0.29, 0.717) is 6.10 Å². The second-order valence-corrected chi connectivity index (χ2v) is 5.21. The number of rotatable bonds is 3. The monoisotopic (exact) mass is 246 g/mol. The average Bonchev–Trinajstić information content (AvgIpc) is 3.02. The number of esters is 1. The number of ether oxygens (including phenoxy) is 2. The van der Waals surface area contributed by atoms with Crippen molar-refractivity contribution >= 4 is 5.97 Å². The number of benzene rings is 1. The molecule has 2 heterocycles. The van der Waals surface area contributed by atoms with Gasteiger partial charge in [0.15, 0.2) is 0 Å². The summed E-state index contributed by atoms with van der Waals surface area (Å²) in [4.78, 5) is 12.1. The van der Waals surface area contributed by atoms with Gasteiger partial charge >= 0.3 is 5.97 Å². The van der Waals surface area contributed by atoms with Crippen LogP contribution >= 0.6 is 0 Å². The molecule has 0 N–H and O–H groups in total. The molecule has 2 fully saturated rings. The summed E-state index contributed by atoms with van der Waals surface area (Å²) < 4.78 is 11.2. The molecule has 2 aliphatic rings. The molecular weight excluding hydrogens is 228 g/mol. The van der Waals surface area contributed by atoms with E-state index in [1.807, 2.05) is 37.3 Å². The fraction of sp³-hybridized carbons (Fsp3) is 0.533. The van der Waals surface area contributed by atoms with Crippen molar-refractivity contribution in [1.82, 2.24) is 0 Å². The Labute approximate surface area is 107 Å². The summed E-state index contributed by atoms with van der Waals surface area (Å²) in [6.07, 6.45) is 3.15. The van der Waals surface area contributed by atoms with Crippen LogP contribution in [0.1, 0.15) is 37.9 Å². The van der Waals surface area contributed by atoms with Crippen molar-refractivity contribution in [2.24, 2.45) is 5.92 Å². The van der Waals surface area contributed by atoms with Crippen LogP contribution in [0.3, 0.4) is 0 Å². The minimum Gasteiger partial charge on any atom is -0.457 e. The molecule has 2 saturated heterocycles. The number of hydrogen-bond donors (Lipinski definition) is 0. The largest absolute Gasteiger partial charge is 0.457 e. The van der Waals surface area contributed by atoms with Gasteiger partial charge in [-0.2, -0.15) is 0 Å². The maximum atomic E-state index is 12.1. The fourth-order valence-corrected chi connectivity index (χ4v) is 2.94. The van der Waals surface area contributed by atoms with Crippen LogP contribution in [0.4, 0.5) is 0 Å². The van der Waals surface area contributed by atoms with Crippen molar-refractivity contribution in [2.75, 3.05) is 0 Å². The molecule has 3 heteroatoms.